The molecule has 0 spiro atoms. The zero-order chi connectivity index (χ0) is 15.1. The van der Waals surface area contributed by atoms with Crippen molar-refractivity contribution in [2.24, 2.45) is 0 Å². The molecule has 1 aromatic rings. The number of hydrogen-bond donors (Lipinski definition) is 2. The Labute approximate surface area is 143 Å². The average molecular weight is 345 g/mol. The number of thioether (sulfide) groups is 1. The van der Waals surface area contributed by atoms with Gasteiger partial charge < -0.3 is 15.4 Å². The molecule has 2 N–H and O–H groups in total. The van der Waals surface area contributed by atoms with Crippen molar-refractivity contribution in [2.45, 2.75) is 32.4 Å². The highest BCUT2D eigenvalue weighted by molar-refractivity contribution is 7.99. The van der Waals surface area contributed by atoms with Crippen LogP contribution in [0.5, 0.6) is 5.75 Å². The Balaban J connectivity index is 0.00000242. The van der Waals surface area contributed by atoms with E-state index in [1.807, 2.05) is 49.9 Å². The molecular formula is C16H25ClN2O2S. The summed E-state index contributed by atoms with van der Waals surface area (Å²) in [6.07, 6.45) is 0.543. The van der Waals surface area contributed by atoms with E-state index < -0.39 is 0 Å². The molecule has 0 bridgehead atoms. The minimum absolute atomic E-state index is 0. The molecule has 1 saturated heterocycles. The van der Waals surface area contributed by atoms with Crippen LogP contribution in [0.15, 0.2) is 24.3 Å². The van der Waals surface area contributed by atoms with E-state index in [-0.39, 0.29) is 24.4 Å². The van der Waals surface area contributed by atoms with E-state index in [0.717, 1.165) is 23.8 Å². The summed E-state index contributed by atoms with van der Waals surface area (Å²) >= 11 is 1.91. The van der Waals surface area contributed by atoms with Gasteiger partial charge in [0.05, 0.1) is 6.04 Å². The van der Waals surface area contributed by atoms with Crippen molar-refractivity contribution in [3.05, 3.63) is 29.8 Å². The first-order valence-corrected chi connectivity index (χ1v) is 8.59. The molecule has 1 aromatic carbocycles. The third kappa shape index (κ3) is 6.90. The molecule has 1 aliphatic heterocycles. The first-order valence-electron chi connectivity index (χ1n) is 7.43. The third-order valence-electron chi connectivity index (χ3n) is 3.33. The normalized spacial score (nSPS) is 18.9. The molecule has 22 heavy (non-hydrogen) atoms. The number of rotatable bonds is 6. The van der Waals surface area contributed by atoms with E-state index in [0.29, 0.717) is 19.1 Å². The summed E-state index contributed by atoms with van der Waals surface area (Å²) in [5.74, 6) is 3.09. The lowest BCUT2D eigenvalue weighted by atomic mass is 10.2. The number of nitrogens with one attached hydrogen (secondary N) is 2. The number of carbonyl (C=O) groups excluding carboxylic acids is 1. The zero-order valence-electron chi connectivity index (χ0n) is 13.1. The average Bonchev–Trinajstić information content (AvgIpc) is 2.46. The van der Waals surface area contributed by atoms with Crippen molar-refractivity contribution in [3.63, 3.8) is 0 Å². The fourth-order valence-electron chi connectivity index (χ4n) is 2.28. The molecule has 6 heteroatoms. The molecule has 2 atom stereocenters. The summed E-state index contributed by atoms with van der Waals surface area (Å²) in [6.45, 7) is 5.49. The Morgan fingerprint density at radius 1 is 1.55 bits per heavy atom. The third-order valence-corrected chi connectivity index (χ3v) is 4.46. The molecule has 1 aliphatic rings. The van der Waals surface area contributed by atoms with Gasteiger partial charge in [0.2, 0.25) is 5.91 Å². The summed E-state index contributed by atoms with van der Waals surface area (Å²) in [7, 11) is 0. The highest BCUT2D eigenvalue weighted by Crippen LogP contribution is 2.13. The Bertz CT molecular complexity index is 467. The SMILES string of the molecule is Cc1cccc(OCC(C)NC(=O)CC2CSCCN2)c1.Cl. The standard InChI is InChI=1S/C16H24N2O2S.ClH/c1-12-4-3-5-15(8-12)20-10-13(2)18-16(19)9-14-11-21-7-6-17-14;/h3-5,8,13-14,17H,6-7,9-11H2,1-2H3,(H,18,19);1H. The summed E-state index contributed by atoms with van der Waals surface area (Å²) in [6, 6.07) is 8.25. The Morgan fingerprint density at radius 3 is 3.05 bits per heavy atom. The van der Waals surface area contributed by atoms with Gasteiger partial charge in [-0.3, -0.25) is 4.79 Å². The first kappa shape index (κ1) is 19.1. The zero-order valence-corrected chi connectivity index (χ0v) is 14.8. The number of ether oxygens (including phenoxy) is 1. The first-order chi connectivity index (χ1) is 10.1. The fraction of sp³-hybridized carbons (Fsp3) is 0.562. The van der Waals surface area contributed by atoms with Gasteiger partial charge >= 0.3 is 0 Å². The maximum atomic E-state index is 12.0. The van der Waals surface area contributed by atoms with Crippen LogP contribution in [0, 0.1) is 6.92 Å². The maximum absolute atomic E-state index is 12.0. The van der Waals surface area contributed by atoms with Gasteiger partial charge in [-0.15, -0.1) is 12.4 Å². The minimum atomic E-state index is 0. The second-order valence-corrected chi connectivity index (χ2v) is 6.68. The highest BCUT2D eigenvalue weighted by Gasteiger charge is 2.17. The summed E-state index contributed by atoms with van der Waals surface area (Å²) in [5, 5.41) is 6.37. The van der Waals surface area contributed by atoms with Crippen molar-refractivity contribution < 1.29 is 9.53 Å². The molecule has 2 rings (SSSR count). The molecule has 4 nitrogen and oxygen atoms in total. The van der Waals surface area contributed by atoms with Crippen LogP contribution in [0.2, 0.25) is 0 Å². The molecular weight excluding hydrogens is 320 g/mol. The van der Waals surface area contributed by atoms with Crippen molar-refractivity contribution in [1.29, 1.82) is 0 Å². The molecule has 1 fully saturated rings. The lowest BCUT2D eigenvalue weighted by Gasteiger charge is -2.23. The molecule has 0 saturated carbocycles. The number of aryl methyl sites for hydroxylation is 1. The van der Waals surface area contributed by atoms with Gasteiger partial charge in [-0.25, -0.2) is 0 Å². The van der Waals surface area contributed by atoms with E-state index in [9.17, 15) is 4.79 Å². The fourth-order valence-corrected chi connectivity index (χ4v) is 3.23. The summed E-state index contributed by atoms with van der Waals surface area (Å²) in [4.78, 5) is 12.0. The lowest BCUT2D eigenvalue weighted by Crippen LogP contribution is -2.44. The van der Waals surface area contributed by atoms with Gasteiger partial charge in [0.25, 0.3) is 0 Å². The van der Waals surface area contributed by atoms with E-state index in [1.165, 1.54) is 5.56 Å². The van der Waals surface area contributed by atoms with Gasteiger partial charge in [-0.1, -0.05) is 12.1 Å². The van der Waals surface area contributed by atoms with Crippen molar-refractivity contribution >= 4 is 30.1 Å². The monoisotopic (exact) mass is 344 g/mol. The topological polar surface area (TPSA) is 50.4 Å². The predicted octanol–water partition coefficient (Wildman–Crippen LogP) is 2.40. The van der Waals surface area contributed by atoms with Crippen LogP contribution in [0.4, 0.5) is 0 Å². The number of hydrogen-bond acceptors (Lipinski definition) is 4. The van der Waals surface area contributed by atoms with Gasteiger partial charge in [0.1, 0.15) is 12.4 Å². The molecule has 2 unspecified atom stereocenters. The predicted molar refractivity (Wildman–Crippen MR) is 95.3 cm³/mol. The number of carbonyl (C=O) groups is 1. The van der Waals surface area contributed by atoms with Gasteiger partial charge in [0.15, 0.2) is 0 Å². The molecule has 0 radical (unpaired) electrons. The molecule has 124 valence electrons. The molecule has 1 heterocycles. The number of amides is 1. The number of benzene rings is 1. The highest BCUT2D eigenvalue weighted by atomic mass is 35.5. The van der Waals surface area contributed by atoms with Crippen LogP contribution >= 0.6 is 24.2 Å². The van der Waals surface area contributed by atoms with Crippen LogP contribution in [0.25, 0.3) is 0 Å². The Kier molecular flexibility index (Phi) is 8.68. The lowest BCUT2D eigenvalue weighted by molar-refractivity contribution is -0.122. The molecule has 0 aliphatic carbocycles. The summed E-state index contributed by atoms with van der Waals surface area (Å²) < 4.78 is 5.71. The van der Waals surface area contributed by atoms with E-state index >= 15 is 0 Å². The Hall–Kier alpha value is -0.910. The maximum Gasteiger partial charge on any atom is 0.221 e. The van der Waals surface area contributed by atoms with Crippen molar-refractivity contribution in [3.8, 4) is 5.75 Å². The van der Waals surface area contributed by atoms with E-state index in [1.54, 1.807) is 0 Å². The van der Waals surface area contributed by atoms with Crippen LogP contribution in [-0.2, 0) is 4.79 Å². The van der Waals surface area contributed by atoms with Gasteiger partial charge in [-0.05, 0) is 31.5 Å². The van der Waals surface area contributed by atoms with E-state index in [2.05, 4.69) is 10.6 Å². The van der Waals surface area contributed by atoms with Crippen LogP contribution in [0.1, 0.15) is 18.9 Å². The van der Waals surface area contributed by atoms with Gasteiger partial charge in [0, 0.05) is 30.5 Å². The smallest absolute Gasteiger partial charge is 0.221 e. The molecule has 0 aromatic heterocycles. The quantitative estimate of drug-likeness (QED) is 0.832. The largest absolute Gasteiger partial charge is 0.491 e. The molecule has 1 amide bonds. The minimum Gasteiger partial charge on any atom is -0.491 e. The van der Waals surface area contributed by atoms with Crippen LogP contribution < -0.4 is 15.4 Å². The second-order valence-electron chi connectivity index (χ2n) is 5.53. The van der Waals surface area contributed by atoms with Crippen LogP contribution in [-0.4, -0.2) is 42.6 Å². The Morgan fingerprint density at radius 2 is 2.36 bits per heavy atom. The van der Waals surface area contributed by atoms with Gasteiger partial charge in [-0.2, -0.15) is 11.8 Å². The summed E-state index contributed by atoms with van der Waals surface area (Å²) in [5.41, 5.74) is 1.17. The van der Waals surface area contributed by atoms with Crippen molar-refractivity contribution in [2.75, 3.05) is 24.7 Å². The second kappa shape index (κ2) is 9.98. The van der Waals surface area contributed by atoms with E-state index in [4.69, 9.17) is 4.74 Å². The van der Waals surface area contributed by atoms with Crippen LogP contribution in [0.3, 0.4) is 0 Å². The number of halogens is 1. The van der Waals surface area contributed by atoms with Crippen molar-refractivity contribution in [1.82, 2.24) is 10.6 Å².